The maximum absolute atomic E-state index is 14.5. The van der Waals surface area contributed by atoms with E-state index in [1.54, 1.807) is 35.3 Å². The van der Waals surface area contributed by atoms with Crippen LogP contribution in [0.4, 0.5) is 4.39 Å². The second kappa shape index (κ2) is 6.55. The molecule has 5 rings (SSSR count). The molecule has 2 aliphatic carbocycles. The number of hydrogen-bond donors (Lipinski definition) is 0. The highest BCUT2D eigenvalue weighted by atomic mass is 19.1. The summed E-state index contributed by atoms with van der Waals surface area (Å²) >= 11 is 0. The van der Waals surface area contributed by atoms with E-state index < -0.39 is 16.9 Å². The van der Waals surface area contributed by atoms with E-state index in [9.17, 15) is 14.0 Å². The molecule has 0 radical (unpaired) electrons. The van der Waals surface area contributed by atoms with Crippen LogP contribution in [0.2, 0.25) is 0 Å². The van der Waals surface area contributed by atoms with Crippen LogP contribution in [0.5, 0.6) is 0 Å². The van der Waals surface area contributed by atoms with Gasteiger partial charge in [0.25, 0.3) is 0 Å². The van der Waals surface area contributed by atoms with Crippen molar-refractivity contribution in [2.75, 3.05) is 0 Å². The van der Waals surface area contributed by atoms with E-state index in [-0.39, 0.29) is 18.3 Å². The minimum atomic E-state index is -0.574. The Kier molecular flexibility index (Phi) is 4.00. The predicted molar refractivity (Wildman–Crippen MR) is 104 cm³/mol. The van der Waals surface area contributed by atoms with E-state index in [1.165, 1.54) is 17.1 Å². The number of halogens is 1. The molecular weight excluding hydrogens is 357 g/mol. The molecule has 0 saturated heterocycles. The zero-order valence-corrected chi connectivity index (χ0v) is 15.3. The van der Waals surface area contributed by atoms with E-state index >= 15 is 0 Å². The maximum atomic E-state index is 14.5. The van der Waals surface area contributed by atoms with Gasteiger partial charge >= 0.3 is 11.1 Å². The summed E-state index contributed by atoms with van der Waals surface area (Å²) < 4.78 is 17.4. The van der Waals surface area contributed by atoms with Gasteiger partial charge in [0.05, 0.1) is 6.54 Å². The molecule has 3 aromatic rings. The van der Waals surface area contributed by atoms with Crippen LogP contribution in [-0.2, 0) is 6.54 Å². The van der Waals surface area contributed by atoms with Gasteiger partial charge in [-0.3, -0.25) is 14.6 Å². The van der Waals surface area contributed by atoms with Gasteiger partial charge in [0.2, 0.25) is 0 Å². The van der Waals surface area contributed by atoms with Gasteiger partial charge in [0.15, 0.2) is 0 Å². The van der Waals surface area contributed by atoms with Crippen molar-refractivity contribution in [3.05, 3.63) is 87.1 Å². The highest BCUT2D eigenvalue weighted by Gasteiger charge is 2.46. The van der Waals surface area contributed by atoms with Gasteiger partial charge in [-0.05, 0) is 42.7 Å². The lowest BCUT2D eigenvalue weighted by molar-refractivity contribution is 0.445. The van der Waals surface area contributed by atoms with Crippen LogP contribution in [0, 0.1) is 17.7 Å². The summed E-state index contributed by atoms with van der Waals surface area (Å²) in [6.45, 7) is 0.115. The van der Waals surface area contributed by atoms with Gasteiger partial charge in [-0.25, -0.2) is 4.39 Å². The first-order valence-corrected chi connectivity index (χ1v) is 9.61. The van der Waals surface area contributed by atoms with E-state index in [0.29, 0.717) is 11.1 Å². The van der Waals surface area contributed by atoms with Gasteiger partial charge in [0.1, 0.15) is 11.5 Å². The molecule has 0 amide bonds. The molecule has 2 heterocycles. The van der Waals surface area contributed by atoms with Crippen LogP contribution in [0.1, 0.15) is 30.9 Å². The molecule has 0 aliphatic heterocycles. The van der Waals surface area contributed by atoms with E-state index in [2.05, 4.69) is 4.98 Å². The van der Waals surface area contributed by atoms with Gasteiger partial charge in [-0.15, -0.1) is 0 Å². The Labute approximate surface area is 161 Å². The Morgan fingerprint density at radius 2 is 1.75 bits per heavy atom. The van der Waals surface area contributed by atoms with E-state index in [4.69, 9.17) is 0 Å². The molecule has 1 aromatic carbocycles. The Morgan fingerprint density at radius 3 is 2.46 bits per heavy atom. The number of nitrogens with zero attached hydrogens (tertiary/aromatic N) is 3. The highest BCUT2D eigenvalue weighted by molar-refractivity contribution is 5.59. The Bertz CT molecular complexity index is 1140. The standard InChI is InChI=1S/C22H20FN3O2/c23-19-8-14(12-24-20(19)15-4-2-1-3-5-15)13-25-6-7-26(22(28)21(25)27)18-10-16-9-17(16)11-18/h1-8,12,16-18H,9-11,13H2. The fourth-order valence-corrected chi connectivity index (χ4v) is 4.41. The van der Waals surface area contributed by atoms with Crippen molar-refractivity contribution in [2.24, 2.45) is 11.8 Å². The quantitative estimate of drug-likeness (QED) is 0.656. The van der Waals surface area contributed by atoms with Crippen molar-refractivity contribution in [3.8, 4) is 11.3 Å². The van der Waals surface area contributed by atoms with Crippen molar-refractivity contribution in [1.29, 1.82) is 0 Å². The van der Waals surface area contributed by atoms with Crippen molar-refractivity contribution in [2.45, 2.75) is 31.8 Å². The second-order valence-electron chi connectivity index (χ2n) is 7.86. The first-order valence-electron chi connectivity index (χ1n) is 9.61. The summed E-state index contributed by atoms with van der Waals surface area (Å²) in [5.74, 6) is 1.02. The summed E-state index contributed by atoms with van der Waals surface area (Å²) in [5, 5.41) is 0. The molecule has 0 N–H and O–H groups in total. The second-order valence-corrected chi connectivity index (χ2v) is 7.86. The minimum absolute atomic E-state index is 0.115. The van der Waals surface area contributed by atoms with Crippen LogP contribution < -0.4 is 11.1 Å². The zero-order chi connectivity index (χ0) is 19.3. The molecule has 2 aromatic heterocycles. The summed E-state index contributed by atoms with van der Waals surface area (Å²) in [5.41, 5.74) is 0.435. The first-order chi connectivity index (χ1) is 13.6. The normalized spacial score (nSPS) is 22.8. The van der Waals surface area contributed by atoms with Gasteiger partial charge in [-0.1, -0.05) is 30.3 Å². The number of aromatic nitrogens is 3. The molecule has 6 heteroatoms. The lowest BCUT2D eigenvalue weighted by Gasteiger charge is -2.16. The van der Waals surface area contributed by atoms with Crippen molar-refractivity contribution < 1.29 is 4.39 Å². The Hall–Kier alpha value is -3.02. The number of hydrogen-bond acceptors (Lipinski definition) is 3. The minimum Gasteiger partial charge on any atom is -0.306 e. The predicted octanol–water partition coefficient (Wildman–Crippen LogP) is 3.23. The smallest absolute Gasteiger partial charge is 0.306 e. The third-order valence-electron chi connectivity index (χ3n) is 6.00. The fraction of sp³-hybridized carbons (Fsp3) is 0.318. The molecule has 0 spiro atoms. The van der Waals surface area contributed by atoms with Crippen LogP contribution in [0.15, 0.2) is 64.6 Å². The number of rotatable bonds is 4. The van der Waals surface area contributed by atoms with Crippen LogP contribution >= 0.6 is 0 Å². The number of benzene rings is 1. The first kappa shape index (κ1) is 17.1. The van der Waals surface area contributed by atoms with Crippen LogP contribution in [0.25, 0.3) is 11.3 Å². The molecule has 2 saturated carbocycles. The fourth-order valence-electron chi connectivity index (χ4n) is 4.41. The summed E-state index contributed by atoms with van der Waals surface area (Å²) in [7, 11) is 0. The summed E-state index contributed by atoms with van der Waals surface area (Å²) in [4.78, 5) is 29.3. The average molecular weight is 377 g/mol. The molecular formula is C22H20FN3O2. The number of pyridine rings is 1. The van der Waals surface area contributed by atoms with Crippen molar-refractivity contribution in [3.63, 3.8) is 0 Å². The third-order valence-corrected chi connectivity index (χ3v) is 6.00. The van der Waals surface area contributed by atoms with E-state index in [1.807, 2.05) is 18.2 Å². The van der Waals surface area contributed by atoms with Gasteiger partial charge < -0.3 is 9.13 Å². The van der Waals surface area contributed by atoms with E-state index in [0.717, 1.165) is 24.7 Å². The molecule has 2 atom stereocenters. The Balaban J connectivity index is 1.40. The SMILES string of the molecule is O=c1c(=O)n(C2CC3CC3C2)ccn1Cc1cnc(-c2ccccc2)c(F)c1. The van der Waals surface area contributed by atoms with Crippen molar-refractivity contribution in [1.82, 2.24) is 14.1 Å². The molecule has 28 heavy (non-hydrogen) atoms. The highest BCUT2D eigenvalue weighted by Crippen LogP contribution is 2.55. The largest absolute Gasteiger partial charge is 0.316 e. The molecule has 5 nitrogen and oxygen atoms in total. The van der Waals surface area contributed by atoms with Crippen LogP contribution in [0.3, 0.4) is 0 Å². The number of fused-ring (bicyclic) bond motifs is 1. The van der Waals surface area contributed by atoms with Crippen molar-refractivity contribution >= 4 is 0 Å². The topological polar surface area (TPSA) is 56.9 Å². The maximum Gasteiger partial charge on any atom is 0.316 e. The monoisotopic (exact) mass is 377 g/mol. The van der Waals surface area contributed by atoms with Crippen LogP contribution in [-0.4, -0.2) is 14.1 Å². The molecule has 2 unspecified atom stereocenters. The molecule has 2 fully saturated rings. The van der Waals surface area contributed by atoms with Gasteiger partial charge in [0, 0.05) is 30.2 Å². The Morgan fingerprint density at radius 1 is 1.00 bits per heavy atom. The lowest BCUT2D eigenvalue weighted by Crippen LogP contribution is -2.42. The summed E-state index contributed by atoms with van der Waals surface area (Å²) in [6, 6.07) is 10.6. The average Bonchev–Trinajstić information content (AvgIpc) is 3.32. The summed E-state index contributed by atoms with van der Waals surface area (Å²) in [6.07, 6.45) is 8.11. The zero-order valence-electron chi connectivity index (χ0n) is 15.3. The molecule has 142 valence electrons. The lowest BCUT2D eigenvalue weighted by atomic mass is 10.1. The van der Waals surface area contributed by atoms with Gasteiger partial charge in [-0.2, -0.15) is 0 Å². The third kappa shape index (κ3) is 2.99. The molecule has 2 aliphatic rings. The molecule has 0 bridgehead atoms.